The third-order valence-corrected chi connectivity index (χ3v) is 3.56. The molecule has 2 rings (SSSR count). The Morgan fingerprint density at radius 2 is 2.26 bits per heavy atom. The highest BCUT2D eigenvalue weighted by atomic mass is 16.2. The van der Waals surface area contributed by atoms with Crippen molar-refractivity contribution in [2.75, 3.05) is 0 Å². The first-order valence-corrected chi connectivity index (χ1v) is 7.57. The summed E-state index contributed by atoms with van der Waals surface area (Å²) < 4.78 is 0. The zero-order valence-electron chi connectivity index (χ0n) is 13.0. The molecule has 3 amide bonds. The smallest absolute Gasteiger partial charge is 0.272 e. The van der Waals surface area contributed by atoms with Crippen molar-refractivity contribution < 1.29 is 14.4 Å². The van der Waals surface area contributed by atoms with E-state index in [-0.39, 0.29) is 18.0 Å². The van der Waals surface area contributed by atoms with Crippen LogP contribution in [0.1, 0.15) is 47.9 Å². The van der Waals surface area contributed by atoms with Gasteiger partial charge in [-0.15, -0.1) is 0 Å². The molecule has 1 aromatic rings. The lowest BCUT2D eigenvalue weighted by Crippen LogP contribution is -2.52. The lowest BCUT2D eigenvalue weighted by atomic mass is 10.0. The number of H-pyrrole nitrogens is 1. The highest BCUT2D eigenvalue weighted by Gasteiger charge is 2.29. The molecule has 1 unspecified atom stereocenters. The summed E-state index contributed by atoms with van der Waals surface area (Å²) in [6.07, 6.45) is 7.25. The molecule has 7 heteroatoms. The van der Waals surface area contributed by atoms with E-state index in [0.29, 0.717) is 12.8 Å². The van der Waals surface area contributed by atoms with Crippen molar-refractivity contribution in [3.05, 3.63) is 35.7 Å². The average molecular weight is 316 g/mol. The molecule has 3 N–H and O–H groups in total. The quantitative estimate of drug-likeness (QED) is 0.540. The second kappa shape index (κ2) is 7.53. The minimum Gasteiger partial charge on any atom is -0.339 e. The minimum absolute atomic E-state index is 0.215. The summed E-state index contributed by atoms with van der Waals surface area (Å²) in [5.41, 5.74) is 1.83. The van der Waals surface area contributed by atoms with E-state index in [1.165, 1.54) is 0 Å². The van der Waals surface area contributed by atoms with E-state index >= 15 is 0 Å². The number of nitrogens with one attached hydrogen (secondary N) is 3. The molecule has 0 aliphatic carbocycles. The normalized spacial score (nSPS) is 18.0. The number of piperidine rings is 1. The van der Waals surface area contributed by atoms with E-state index in [4.69, 9.17) is 0 Å². The van der Waals surface area contributed by atoms with Gasteiger partial charge in [0.1, 0.15) is 6.04 Å². The molecule has 1 saturated heterocycles. The van der Waals surface area contributed by atoms with Gasteiger partial charge in [0.05, 0.1) is 5.69 Å². The number of aromatic amines is 1. The molecule has 23 heavy (non-hydrogen) atoms. The van der Waals surface area contributed by atoms with Gasteiger partial charge in [0.25, 0.3) is 5.91 Å². The Morgan fingerprint density at radius 1 is 1.48 bits per heavy atom. The van der Waals surface area contributed by atoms with Gasteiger partial charge in [-0.25, -0.2) is 0 Å². The van der Waals surface area contributed by atoms with E-state index in [0.717, 1.165) is 17.7 Å². The van der Waals surface area contributed by atoms with Gasteiger partial charge in [0, 0.05) is 12.0 Å². The molecule has 1 aromatic heterocycles. The van der Waals surface area contributed by atoms with Crippen LogP contribution in [0.5, 0.6) is 0 Å². The number of hydrogen-bond acceptors (Lipinski definition) is 4. The van der Waals surface area contributed by atoms with Crippen molar-refractivity contribution in [3.8, 4) is 0 Å². The number of amides is 3. The fraction of sp³-hybridized carbons (Fsp3) is 0.375. The number of allylic oxidation sites excluding steroid dienone is 2. The summed E-state index contributed by atoms with van der Waals surface area (Å²) in [6, 6.07) is -0.710. The fourth-order valence-electron chi connectivity index (χ4n) is 2.43. The largest absolute Gasteiger partial charge is 0.339 e. The maximum absolute atomic E-state index is 12.4. The number of imide groups is 1. The molecule has 0 spiro atoms. The van der Waals surface area contributed by atoms with E-state index < -0.39 is 17.9 Å². The number of rotatable bonds is 6. The van der Waals surface area contributed by atoms with Gasteiger partial charge in [-0.1, -0.05) is 32.1 Å². The second-order valence-electron chi connectivity index (χ2n) is 5.29. The lowest BCUT2D eigenvalue weighted by Gasteiger charge is -2.21. The van der Waals surface area contributed by atoms with Crippen LogP contribution in [0.3, 0.4) is 0 Å². The maximum Gasteiger partial charge on any atom is 0.272 e. The van der Waals surface area contributed by atoms with E-state index in [2.05, 4.69) is 27.4 Å². The number of carbonyl (C=O) groups is 3. The van der Waals surface area contributed by atoms with Crippen molar-refractivity contribution in [2.24, 2.45) is 0 Å². The van der Waals surface area contributed by atoms with Crippen LogP contribution in [0.25, 0.3) is 6.08 Å². The number of carbonyl (C=O) groups excluding carboxylic acids is 3. The van der Waals surface area contributed by atoms with Crippen molar-refractivity contribution in [1.82, 2.24) is 20.8 Å². The van der Waals surface area contributed by atoms with Gasteiger partial charge in [0.2, 0.25) is 11.8 Å². The van der Waals surface area contributed by atoms with Crippen LogP contribution in [-0.4, -0.2) is 34.0 Å². The van der Waals surface area contributed by atoms with E-state index in [9.17, 15) is 14.4 Å². The van der Waals surface area contributed by atoms with Crippen LogP contribution in [0.4, 0.5) is 0 Å². The predicted molar refractivity (Wildman–Crippen MR) is 85.5 cm³/mol. The van der Waals surface area contributed by atoms with Gasteiger partial charge in [-0.05, 0) is 18.9 Å². The van der Waals surface area contributed by atoms with Crippen LogP contribution in [0, 0.1) is 0 Å². The molecule has 1 aliphatic rings. The Hall–Kier alpha value is -2.70. The Morgan fingerprint density at radius 3 is 2.91 bits per heavy atom. The van der Waals surface area contributed by atoms with Crippen LogP contribution >= 0.6 is 0 Å². The van der Waals surface area contributed by atoms with Crippen molar-refractivity contribution >= 4 is 23.8 Å². The van der Waals surface area contributed by atoms with Gasteiger partial charge < -0.3 is 5.32 Å². The van der Waals surface area contributed by atoms with E-state index in [1.54, 1.807) is 18.2 Å². The summed E-state index contributed by atoms with van der Waals surface area (Å²) in [5.74, 6) is -1.21. The van der Waals surface area contributed by atoms with Gasteiger partial charge in [0.15, 0.2) is 5.69 Å². The predicted octanol–water partition coefficient (Wildman–Crippen LogP) is 1.10. The first-order chi connectivity index (χ1) is 11.1. The first-order valence-electron chi connectivity index (χ1n) is 7.57. The first kappa shape index (κ1) is 16.7. The molecule has 1 aliphatic heterocycles. The van der Waals surface area contributed by atoms with Crippen molar-refractivity contribution in [2.45, 2.75) is 38.6 Å². The zero-order valence-corrected chi connectivity index (χ0v) is 13.0. The molecule has 0 saturated carbocycles. The van der Waals surface area contributed by atoms with Crippen LogP contribution in [-0.2, 0) is 16.0 Å². The average Bonchev–Trinajstić information content (AvgIpc) is 2.91. The molecule has 7 nitrogen and oxygen atoms in total. The number of hydrogen-bond donors (Lipinski definition) is 3. The second-order valence-corrected chi connectivity index (χ2v) is 5.29. The van der Waals surface area contributed by atoms with Crippen LogP contribution in [0.2, 0.25) is 0 Å². The molecule has 0 bridgehead atoms. The lowest BCUT2D eigenvalue weighted by molar-refractivity contribution is -0.134. The summed E-state index contributed by atoms with van der Waals surface area (Å²) >= 11 is 0. The Labute approximate surface area is 134 Å². The Kier molecular flexibility index (Phi) is 5.46. The minimum atomic E-state index is -0.710. The van der Waals surface area contributed by atoms with Crippen LogP contribution < -0.4 is 10.6 Å². The van der Waals surface area contributed by atoms with Crippen molar-refractivity contribution in [1.29, 1.82) is 0 Å². The molecule has 122 valence electrons. The monoisotopic (exact) mass is 316 g/mol. The molecule has 1 fully saturated rings. The number of aromatic nitrogens is 2. The SMILES string of the molecule is C=C/C=C\c1[nH]nc(C(=O)NC2CCC(=O)NC2=O)c1CCC. The highest BCUT2D eigenvalue weighted by molar-refractivity contribution is 6.03. The summed E-state index contributed by atoms with van der Waals surface area (Å²) in [6.45, 7) is 5.62. The summed E-state index contributed by atoms with van der Waals surface area (Å²) in [7, 11) is 0. The standard InChI is InChI=1S/C16H20N4O3/c1-3-5-7-11-10(6-4-2)14(20-19-11)16(23)17-12-8-9-13(21)18-15(12)22/h3,5,7,12H,1,4,6,8-9H2,2H3,(H,17,23)(H,19,20)(H,18,21,22)/b7-5-. The number of nitrogens with zero attached hydrogens (tertiary/aromatic N) is 1. The van der Waals surface area contributed by atoms with Gasteiger partial charge in [-0.2, -0.15) is 5.10 Å². The van der Waals surface area contributed by atoms with Gasteiger partial charge in [-0.3, -0.25) is 24.8 Å². The molecule has 0 aromatic carbocycles. The third-order valence-electron chi connectivity index (χ3n) is 3.56. The highest BCUT2D eigenvalue weighted by Crippen LogP contribution is 2.16. The molecular formula is C16H20N4O3. The Bertz CT molecular complexity index is 660. The molecular weight excluding hydrogens is 296 g/mol. The summed E-state index contributed by atoms with van der Waals surface area (Å²) in [4.78, 5) is 35.3. The van der Waals surface area contributed by atoms with Gasteiger partial charge >= 0.3 is 0 Å². The zero-order chi connectivity index (χ0) is 16.8. The van der Waals surface area contributed by atoms with E-state index in [1.807, 2.05) is 6.92 Å². The molecule has 0 radical (unpaired) electrons. The van der Waals surface area contributed by atoms with Crippen molar-refractivity contribution in [3.63, 3.8) is 0 Å². The third kappa shape index (κ3) is 3.94. The Balaban J connectivity index is 2.17. The molecule has 2 heterocycles. The molecule has 1 atom stereocenters. The summed E-state index contributed by atoms with van der Waals surface area (Å²) in [5, 5.41) is 11.8. The van der Waals surface area contributed by atoms with Crippen LogP contribution in [0.15, 0.2) is 18.7 Å². The maximum atomic E-state index is 12.4. The topological polar surface area (TPSA) is 104 Å². The fourth-order valence-corrected chi connectivity index (χ4v) is 2.43.